The van der Waals surface area contributed by atoms with Crippen molar-refractivity contribution >= 4 is 51.0 Å². The van der Waals surface area contributed by atoms with Crippen molar-refractivity contribution in [1.29, 1.82) is 0 Å². The monoisotopic (exact) mass is 581 g/mol. The lowest BCUT2D eigenvalue weighted by Gasteiger charge is -2.24. The number of amides is 1. The molecule has 4 aromatic carbocycles. The van der Waals surface area contributed by atoms with Crippen LogP contribution in [0.4, 0.5) is 5.69 Å². The first-order valence-corrected chi connectivity index (χ1v) is 14.1. The van der Waals surface area contributed by atoms with Crippen LogP contribution in [0.2, 0.25) is 10.0 Å². The first-order valence-electron chi connectivity index (χ1n) is 11.9. The molecule has 0 fully saturated rings. The molecule has 0 spiro atoms. The van der Waals surface area contributed by atoms with E-state index in [9.17, 15) is 13.2 Å². The van der Waals surface area contributed by atoms with Gasteiger partial charge in [-0.05, 0) is 72.6 Å². The fourth-order valence-electron chi connectivity index (χ4n) is 3.54. The number of anilines is 1. The predicted molar refractivity (Wildman–Crippen MR) is 155 cm³/mol. The highest BCUT2D eigenvalue weighted by atomic mass is 35.5. The average molecular weight is 583 g/mol. The Morgan fingerprint density at radius 2 is 1.62 bits per heavy atom. The SMILES string of the molecule is Cc1ccc(N(CC(=O)N/N=C\c2ccc(OCc3ccccc3Cl)cc2)S(=O)(=O)c2ccccc2)cc1Cl. The van der Waals surface area contributed by atoms with Gasteiger partial charge in [0.1, 0.15) is 18.9 Å². The van der Waals surface area contributed by atoms with E-state index < -0.39 is 22.5 Å². The number of sulfonamides is 1. The van der Waals surface area contributed by atoms with Crippen LogP contribution in [0.3, 0.4) is 0 Å². The van der Waals surface area contributed by atoms with E-state index in [1.807, 2.05) is 18.2 Å². The molecule has 0 atom stereocenters. The quantitative estimate of drug-likeness (QED) is 0.178. The number of ether oxygens (including phenoxy) is 1. The predicted octanol–water partition coefficient (Wildman–Crippen LogP) is 6.23. The molecule has 0 aliphatic rings. The second-order valence-electron chi connectivity index (χ2n) is 8.50. The van der Waals surface area contributed by atoms with E-state index in [1.54, 1.807) is 67.6 Å². The van der Waals surface area contributed by atoms with Gasteiger partial charge in [0.25, 0.3) is 15.9 Å². The van der Waals surface area contributed by atoms with Gasteiger partial charge in [-0.3, -0.25) is 9.10 Å². The zero-order valence-electron chi connectivity index (χ0n) is 20.9. The van der Waals surface area contributed by atoms with E-state index in [-0.39, 0.29) is 10.6 Å². The maximum Gasteiger partial charge on any atom is 0.264 e. The fraction of sp³-hybridized carbons (Fsp3) is 0.103. The van der Waals surface area contributed by atoms with Crippen LogP contribution in [0.1, 0.15) is 16.7 Å². The average Bonchev–Trinajstić information content (AvgIpc) is 2.94. The topological polar surface area (TPSA) is 88.1 Å². The summed E-state index contributed by atoms with van der Waals surface area (Å²) < 4.78 is 33.6. The van der Waals surface area contributed by atoms with Crippen LogP contribution in [-0.4, -0.2) is 27.1 Å². The van der Waals surface area contributed by atoms with Crippen LogP contribution in [-0.2, 0) is 21.4 Å². The Balaban J connectivity index is 1.42. The number of aryl methyl sites for hydroxylation is 1. The zero-order valence-corrected chi connectivity index (χ0v) is 23.2. The third-order valence-corrected chi connectivity index (χ3v) is 8.26. The van der Waals surface area contributed by atoms with Gasteiger partial charge in [-0.25, -0.2) is 13.8 Å². The largest absolute Gasteiger partial charge is 0.489 e. The van der Waals surface area contributed by atoms with Crippen LogP contribution in [0.25, 0.3) is 0 Å². The molecule has 0 bridgehead atoms. The number of carbonyl (C=O) groups is 1. The molecule has 0 saturated carbocycles. The molecule has 7 nitrogen and oxygen atoms in total. The van der Waals surface area contributed by atoms with Crippen LogP contribution in [0, 0.1) is 6.92 Å². The number of hydrogen-bond donors (Lipinski definition) is 1. The maximum atomic E-state index is 13.4. The van der Waals surface area contributed by atoms with Crippen LogP contribution < -0.4 is 14.5 Å². The molecular weight excluding hydrogens is 557 g/mol. The van der Waals surface area contributed by atoms with Gasteiger partial charge in [-0.2, -0.15) is 5.10 Å². The molecule has 4 aromatic rings. The highest BCUT2D eigenvalue weighted by molar-refractivity contribution is 7.92. The number of carbonyl (C=O) groups excluding carboxylic acids is 1. The summed E-state index contributed by atoms with van der Waals surface area (Å²) in [5, 5.41) is 5.00. The standard InChI is InChI=1S/C29H25Cl2N3O4S/c1-21-11-14-24(17-28(21)31)34(39(36,37)26-8-3-2-4-9-26)19-29(35)33-32-18-22-12-15-25(16-13-22)38-20-23-7-5-6-10-27(23)30/h2-18H,19-20H2,1H3,(H,33,35)/b32-18-. The Morgan fingerprint density at radius 3 is 2.31 bits per heavy atom. The van der Waals surface area contributed by atoms with Crippen LogP contribution >= 0.6 is 23.2 Å². The number of hydrazone groups is 1. The Hall–Kier alpha value is -3.85. The molecule has 200 valence electrons. The Kier molecular flexibility index (Phi) is 9.24. The minimum atomic E-state index is -4.05. The van der Waals surface area contributed by atoms with Crippen molar-refractivity contribution in [2.45, 2.75) is 18.4 Å². The van der Waals surface area contributed by atoms with Crippen molar-refractivity contribution in [3.05, 3.63) is 124 Å². The summed E-state index contributed by atoms with van der Waals surface area (Å²) in [5.74, 6) is 0.0248. The van der Waals surface area contributed by atoms with Crippen molar-refractivity contribution in [3.63, 3.8) is 0 Å². The van der Waals surface area contributed by atoms with E-state index >= 15 is 0 Å². The third-order valence-electron chi connectivity index (χ3n) is 5.70. The molecule has 1 amide bonds. The van der Waals surface area contributed by atoms with Crippen molar-refractivity contribution in [2.24, 2.45) is 5.10 Å². The van der Waals surface area contributed by atoms with E-state index in [4.69, 9.17) is 27.9 Å². The second-order valence-corrected chi connectivity index (χ2v) is 11.2. The van der Waals surface area contributed by atoms with Gasteiger partial charge < -0.3 is 4.74 Å². The van der Waals surface area contributed by atoms with Gasteiger partial charge in [0.15, 0.2) is 0 Å². The van der Waals surface area contributed by atoms with Crippen molar-refractivity contribution in [3.8, 4) is 5.75 Å². The molecular formula is C29H25Cl2N3O4S. The summed E-state index contributed by atoms with van der Waals surface area (Å²) in [7, 11) is -4.05. The maximum absolute atomic E-state index is 13.4. The third kappa shape index (κ3) is 7.38. The Bertz CT molecular complexity index is 1580. The summed E-state index contributed by atoms with van der Waals surface area (Å²) in [6.45, 7) is 1.64. The van der Waals surface area contributed by atoms with Gasteiger partial charge in [0.05, 0.1) is 16.8 Å². The second kappa shape index (κ2) is 12.8. The highest BCUT2D eigenvalue weighted by Crippen LogP contribution is 2.28. The number of rotatable bonds is 10. The minimum absolute atomic E-state index is 0.0508. The first kappa shape index (κ1) is 28.2. The molecule has 0 unspecified atom stereocenters. The molecule has 39 heavy (non-hydrogen) atoms. The lowest BCUT2D eigenvalue weighted by atomic mass is 10.2. The lowest BCUT2D eigenvalue weighted by molar-refractivity contribution is -0.119. The lowest BCUT2D eigenvalue weighted by Crippen LogP contribution is -2.39. The van der Waals surface area contributed by atoms with Gasteiger partial charge in [-0.1, -0.05) is 65.7 Å². The van der Waals surface area contributed by atoms with E-state index in [0.29, 0.717) is 28.0 Å². The Labute approximate surface area is 237 Å². The number of nitrogens with one attached hydrogen (secondary N) is 1. The minimum Gasteiger partial charge on any atom is -0.489 e. The number of hydrogen-bond acceptors (Lipinski definition) is 5. The molecule has 0 radical (unpaired) electrons. The molecule has 1 N–H and O–H groups in total. The molecule has 0 aliphatic carbocycles. The van der Waals surface area contributed by atoms with E-state index in [1.165, 1.54) is 24.4 Å². The molecule has 4 rings (SSSR count). The summed E-state index contributed by atoms with van der Waals surface area (Å²) >= 11 is 12.4. The van der Waals surface area contributed by atoms with Crippen molar-refractivity contribution in [1.82, 2.24) is 5.43 Å². The van der Waals surface area contributed by atoms with Gasteiger partial charge >= 0.3 is 0 Å². The van der Waals surface area contributed by atoms with E-state index in [0.717, 1.165) is 15.4 Å². The summed E-state index contributed by atoms with van der Waals surface area (Å²) in [4.78, 5) is 12.8. The summed E-state index contributed by atoms with van der Waals surface area (Å²) in [6.07, 6.45) is 1.45. The number of benzene rings is 4. The van der Waals surface area contributed by atoms with Gasteiger partial charge in [0, 0.05) is 15.6 Å². The summed E-state index contributed by atoms with van der Waals surface area (Å²) in [5.41, 5.74) is 5.03. The van der Waals surface area contributed by atoms with E-state index in [2.05, 4.69) is 10.5 Å². The molecule has 0 heterocycles. The van der Waals surface area contributed by atoms with Crippen molar-refractivity contribution in [2.75, 3.05) is 10.8 Å². The number of nitrogens with zero attached hydrogens (tertiary/aromatic N) is 2. The Morgan fingerprint density at radius 1 is 0.923 bits per heavy atom. The zero-order chi connectivity index (χ0) is 27.8. The highest BCUT2D eigenvalue weighted by Gasteiger charge is 2.27. The fourth-order valence-corrected chi connectivity index (χ4v) is 5.34. The van der Waals surface area contributed by atoms with Gasteiger partial charge in [0.2, 0.25) is 0 Å². The van der Waals surface area contributed by atoms with Crippen LogP contribution in [0.15, 0.2) is 107 Å². The molecule has 10 heteroatoms. The first-order chi connectivity index (χ1) is 18.7. The molecule has 0 aromatic heterocycles. The smallest absolute Gasteiger partial charge is 0.264 e. The van der Waals surface area contributed by atoms with Crippen molar-refractivity contribution < 1.29 is 17.9 Å². The van der Waals surface area contributed by atoms with Crippen LogP contribution in [0.5, 0.6) is 5.75 Å². The normalized spacial score (nSPS) is 11.4. The number of halogens is 2. The van der Waals surface area contributed by atoms with Gasteiger partial charge in [-0.15, -0.1) is 0 Å². The molecule has 0 saturated heterocycles. The molecule has 0 aliphatic heterocycles. The summed E-state index contributed by atoms with van der Waals surface area (Å²) in [6, 6.07) is 27.3.